The molecule has 3 aromatic rings. The second-order valence-electron chi connectivity index (χ2n) is 13.8. The highest BCUT2D eigenvalue weighted by Gasteiger charge is 2.39. The Balaban J connectivity index is 1.25. The molecule has 2 atom stereocenters. The summed E-state index contributed by atoms with van der Waals surface area (Å²) in [6.45, 7) is 7.91. The van der Waals surface area contributed by atoms with Gasteiger partial charge < -0.3 is 37.6 Å². The molecule has 3 aromatic carbocycles. The summed E-state index contributed by atoms with van der Waals surface area (Å²) in [6.07, 6.45) is 6.28. The molecule has 11 nitrogen and oxygen atoms in total. The summed E-state index contributed by atoms with van der Waals surface area (Å²) in [5, 5.41) is 0. The number of methoxy groups -OCH3 is 4. The molecule has 0 unspecified atom stereocenters. The maximum atomic E-state index is 12.5. The van der Waals surface area contributed by atoms with E-state index < -0.39 is 11.9 Å². The number of ether oxygens (including phenoxy) is 7. The van der Waals surface area contributed by atoms with Crippen molar-refractivity contribution < 1.29 is 47.2 Å². The summed E-state index contributed by atoms with van der Waals surface area (Å²) >= 11 is 0. The van der Waals surface area contributed by atoms with Crippen molar-refractivity contribution in [2.24, 2.45) is 0 Å². The van der Waals surface area contributed by atoms with Crippen LogP contribution in [-0.4, -0.2) is 109 Å². The summed E-state index contributed by atoms with van der Waals surface area (Å²) in [4.78, 5) is 27.2. The zero-order valence-corrected chi connectivity index (χ0v) is 33.0. The summed E-state index contributed by atoms with van der Waals surface area (Å²) in [7, 11) is 8.91. The first-order valence-electron chi connectivity index (χ1n) is 18.9. The highest BCUT2D eigenvalue weighted by atomic mass is 16.5. The number of carbonyl (C=O) groups is 2. The molecule has 0 aliphatic carbocycles. The predicted octanol–water partition coefficient (Wildman–Crippen LogP) is 6.36. The first-order chi connectivity index (χ1) is 26.2. The third-order valence-corrected chi connectivity index (χ3v) is 9.98. The number of hydrogen-bond donors (Lipinski definition) is 0. The van der Waals surface area contributed by atoms with Crippen LogP contribution in [0, 0.1) is 0 Å². The SMILES string of the molecule is CCCOCCN(CCCOC(=O)/C=C\C(=O)OCCC[N@+]1(C)CCc2cc(OC)c(OC)cc2[C@H]1Cc1ccc(OC)cc1)Cc1ccc(OC)cc1. The van der Waals surface area contributed by atoms with Crippen LogP contribution in [0.3, 0.4) is 0 Å². The Bertz CT molecular complexity index is 1630. The second-order valence-corrected chi connectivity index (χ2v) is 13.8. The van der Waals surface area contributed by atoms with Crippen LogP contribution in [-0.2, 0) is 43.2 Å². The molecule has 0 fully saturated rings. The van der Waals surface area contributed by atoms with Crippen molar-refractivity contribution in [2.75, 3.05) is 88.1 Å². The van der Waals surface area contributed by atoms with Gasteiger partial charge in [-0.25, -0.2) is 9.59 Å². The average molecular weight is 748 g/mol. The second kappa shape index (κ2) is 22.0. The van der Waals surface area contributed by atoms with Crippen molar-refractivity contribution in [3.05, 3.63) is 95.1 Å². The van der Waals surface area contributed by atoms with Crippen molar-refractivity contribution >= 4 is 11.9 Å². The predicted molar refractivity (Wildman–Crippen MR) is 208 cm³/mol. The lowest BCUT2D eigenvalue weighted by Crippen LogP contribution is -2.52. The number of benzene rings is 3. The molecule has 11 heteroatoms. The van der Waals surface area contributed by atoms with Gasteiger partial charge in [0.25, 0.3) is 0 Å². The lowest BCUT2D eigenvalue weighted by atomic mass is 9.86. The minimum atomic E-state index is -0.571. The van der Waals surface area contributed by atoms with Gasteiger partial charge in [-0.15, -0.1) is 0 Å². The van der Waals surface area contributed by atoms with Gasteiger partial charge >= 0.3 is 11.9 Å². The van der Waals surface area contributed by atoms with Crippen LogP contribution >= 0.6 is 0 Å². The molecule has 4 rings (SSSR count). The number of rotatable bonds is 23. The number of fused-ring (bicyclic) bond motifs is 1. The Morgan fingerprint density at radius 3 is 1.93 bits per heavy atom. The van der Waals surface area contributed by atoms with E-state index in [4.69, 9.17) is 33.2 Å². The van der Waals surface area contributed by atoms with E-state index in [2.05, 4.69) is 43.1 Å². The first kappa shape index (κ1) is 42.2. The molecule has 1 heterocycles. The lowest BCUT2D eigenvalue weighted by molar-refractivity contribution is -0.941. The van der Waals surface area contributed by atoms with Crippen molar-refractivity contribution in [2.45, 2.75) is 51.6 Å². The van der Waals surface area contributed by atoms with E-state index in [-0.39, 0.29) is 19.3 Å². The fourth-order valence-corrected chi connectivity index (χ4v) is 6.90. The minimum Gasteiger partial charge on any atom is -0.497 e. The monoisotopic (exact) mass is 747 g/mol. The van der Waals surface area contributed by atoms with E-state index in [0.29, 0.717) is 25.2 Å². The van der Waals surface area contributed by atoms with E-state index in [0.717, 1.165) is 98.0 Å². The van der Waals surface area contributed by atoms with Crippen molar-refractivity contribution in [1.82, 2.24) is 4.90 Å². The molecule has 0 spiro atoms. The third-order valence-electron chi connectivity index (χ3n) is 9.98. The quantitative estimate of drug-likeness (QED) is 0.0472. The number of carbonyl (C=O) groups excluding carboxylic acids is 2. The highest BCUT2D eigenvalue weighted by molar-refractivity contribution is 5.91. The molecule has 54 heavy (non-hydrogen) atoms. The van der Waals surface area contributed by atoms with Crippen molar-refractivity contribution in [3.63, 3.8) is 0 Å². The summed E-state index contributed by atoms with van der Waals surface area (Å²) in [5.74, 6) is 1.95. The Morgan fingerprint density at radius 2 is 1.33 bits per heavy atom. The molecule has 0 radical (unpaired) electrons. The van der Waals surface area contributed by atoms with Gasteiger partial charge in [0.1, 0.15) is 17.5 Å². The standard InChI is InChI=1S/C43H59N2O9/c1-7-25-52-28-22-44(32-34-12-16-37(49-4)17-13-34)21-8-26-53-42(46)18-19-43(47)54-27-9-23-45(2)24-20-35-30-40(50-5)41(51-6)31-38(35)39(45)29-33-10-14-36(48-3)15-11-33/h10-19,30-31,39H,7-9,20-29,32H2,1-6H3/q+1/b19-18-/t39-,45-/m1/s1. The highest BCUT2D eigenvalue weighted by Crippen LogP contribution is 2.42. The molecule has 294 valence electrons. The van der Waals surface area contributed by atoms with Gasteiger partial charge in [-0.05, 0) is 65.9 Å². The van der Waals surface area contributed by atoms with Crippen LogP contribution in [0.15, 0.2) is 72.8 Å². The van der Waals surface area contributed by atoms with Crippen LogP contribution < -0.4 is 18.9 Å². The average Bonchev–Trinajstić information content (AvgIpc) is 3.20. The summed E-state index contributed by atoms with van der Waals surface area (Å²) < 4.78 is 39.3. The number of nitrogens with zero attached hydrogens (tertiary/aromatic N) is 2. The van der Waals surface area contributed by atoms with Crippen LogP contribution in [0.5, 0.6) is 23.0 Å². The van der Waals surface area contributed by atoms with Crippen LogP contribution in [0.1, 0.15) is 54.5 Å². The van der Waals surface area contributed by atoms with Gasteiger partial charge in [-0.3, -0.25) is 4.90 Å². The van der Waals surface area contributed by atoms with E-state index in [9.17, 15) is 9.59 Å². The third kappa shape index (κ3) is 12.8. The van der Waals surface area contributed by atoms with E-state index in [1.165, 1.54) is 16.7 Å². The Kier molecular flexibility index (Phi) is 17.1. The van der Waals surface area contributed by atoms with Gasteiger partial charge in [0.05, 0.1) is 68.4 Å². The fourth-order valence-electron chi connectivity index (χ4n) is 6.90. The normalized spacial score (nSPS) is 16.5. The maximum absolute atomic E-state index is 12.5. The molecule has 0 saturated carbocycles. The maximum Gasteiger partial charge on any atom is 0.331 e. The van der Waals surface area contributed by atoms with Crippen LogP contribution in [0.2, 0.25) is 0 Å². The van der Waals surface area contributed by atoms with Gasteiger partial charge in [-0.2, -0.15) is 0 Å². The summed E-state index contributed by atoms with van der Waals surface area (Å²) in [5.41, 5.74) is 4.87. The lowest BCUT2D eigenvalue weighted by Gasteiger charge is -2.46. The zero-order valence-electron chi connectivity index (χ0n) is 33.0. The Morgan fingerprint density at radius 1 is 0.741 bits per heavy atom. The molecule has 0 aromatic heterocycles. The van der Waals surface area contributed by atoms with E-state index >= 15 is 0 Å². The van der Waals surface area contributed by atoms with Gasteiger partial charge in [0.2, 0.25) is 0 Å². The van der Waals surface area contributed by atoms with Crippen molar-refractivity contribution in [1.29, 1.82) is 0 Å². The molecule has 0 bridgehead atoms. The Hall–Kier alpha value is -4.58. The molecular formula is C43H59N2O9+. The fraction of sp³-hybridized carbons (Fsp3) is 0.488. The molecular weight excluding hydrogens is 688 g/mol. The van der Waals surface area contributed by atoms with Crippen LogP contribution in [0.25, 0.3) is 0 Å². The molecule has 0 amide bonds. The largest absolute Gasteiger partial charge is 0.497 e. The topological polar surface area (TPSA) is 102 Å². The minimum absolute atomic E-state index is 0.149. The van der Waals surface area contributed by atoms with E-state index in [1.54, 1.807) is 28.4 Å². The molecule has 0 saturated heterocycles. The van der Waals surface area contributed by atoms with Crippen molar-refractivity contribution in [3.8, 4) is 23.0 Å². The Labute approximate surface area is 321 Å². The number of hydrogen-bond acceptors (Lipinski definition) is 10. The number of esters is 2. The molecule has 1 aliphatic rings. The van der Waals surface area contributed by atoms with Gasteiger partial charge in [0, 0.05) is 63.2 Å². The summed E-state index contributed by atoms with van der Waals surface area (Å²) in [6, 6.07) is 20.6. The first-order valence-corrected chi connectivity index (χ1v) is 18.9. The molecule has 1 aliphatic heterocycles. The number of likely N-dealkylation sites (N-methyl/N-ethyl adjacent to an activating group) is 1. The smallest absolute Gasteiger partial charge is 0.331 e. The molecule has 0 N–H and O–H groups in total. The zero-order chi connectivity index (χ0) is 38.8. The number of quaternary nitrogens is 1. The van der Waals surface area contributed by atoms with Gasteiger partial charge in [-0.1, -0.05) is 31.2 Å². The van der Waals surface area contributed by atoms with E-state index in [1.807, 2.05) is 36.4 Å². The van der Waals surface area contributed by atoms with Gasteiger partial charge in [0.15, 0.2) is 11.5 Å². The van der Waals surface area contributed by atoms with Crippen LogP contribution in [0.4, 0.5) is 0 Å².